The van der Waals surface area contributed by atoms with Crippen LogP contribution in [0.15, 0.2) is 89.8 Å². The lowest BCUT2D eigenvalue weighted by atomic mass is 10.2. The number of amides is 1. The van der Waals surface area contributed by atoms with E-state index in [1.54, 1.807) is 12.1 Å². The monoisotopic (exact) mass is 539 g/mol. The van der Waals surface area contributed by atoms with E-state index in [2.05, 4.69) is 15.4 Å². The molecule has 0 spiro atoms. The standard InChI is InChI=1S/C27H29N3O5S2/c31-25(15-16-26(32)35-20-18-22-9-5-2-6-10-22)30-27(36)29-23-11-13-24(14-12-23)37(33,34)28-19-17-21-7-3-1-4-8-21/h1-14,28H,15-20H2,(H2,29,30,31,36). The molecular formula is C27H29N3O5S2. The molecule has 3 rings (SSSR count). The molecule has 0 fully saturated rings. The van der Waals surface area contributed by atoms with E-state index in [1.807, 2.05) is 60.7 Å². The van der Waals surface area contributed by atoms with Crippen molar-refractivity contribution in [2.45, 2.75) is 30.6 Å². The predicted molar refractivity (Wildman–Crippen MR) is 146 cm³/mol. The first kappa shape index (κ1) is 28.0. The van der Waals surface area contributed by atoms with Crippen molar-refractivity contribution >= 4 is 44.9 Å². The van der Waals surface area contributed by atoms with Crippen LogP contribution in [0.25, 0.3) is 0 Å². The number of ether oxygens (including phenoxy) is 1. The number of hydrogen-bond donors (Lipinski definition) is 3. The molecule has 10 heteroatoms. The van der Waals surface area contributed by atoms with Gasteiger partial charge in [0.2, 0.25) is 15.9 Å². The largest absolute Gasteiger partial charge is 0.465 e. The van der Waals surface area contributed by atoms with Gasteiger partial charge in [-0.2, -0.15) is 0 Å². The van der Waals surface area contributed by atoms with Crippen molar-refractivity contribution in [1.29, 1.82) is 0 Å². The first-order chi connectivity index (χ1) is 17.8. The van der Waals surface area contributed by atoms with Gasteiger partial charge in [0.15, 0.2) is 5.11 Å². The fourth-order valence-electron chi connectivity index (χ4n) is 3.34. The molecule has 0 radical (unpaired) electrons. The summed E-state index contributed by atoms with van der Waals surface area (Å²) in [7, 11) is -3.66. The molecule has 194 valence electrons. The van der Waals surface area contributed by atoms with E-state index in [0.29, 0.717) is 18.5 Å². The summed E-state index contributed by atoms with van der Waals surface area (Å²) in [6.07, 6.45) is 1.06. The van der Waals surface area contributed by atoms with Crippen molar-refractivity contribution in [2.24, 2.45) is 0 Å². The lowest BCUT2D eigenvalue weighted by Gasteiger charge is -2.11. The second-order valence-electron chi connectivity index (χ2n) is 8.12. The number of hydrogen-bond acceptors (Lipinski definition) is 6. The SMILES string of the molecule is O=C(CCC(=O)OCCc1ccccc1)NC(=S)Nc1ccc(S(=O)(=O)NCCc2ccccc2)cc1. The fraction of sp³-hybridized carbons (Fsp3) is 0.222. The second-order valence-corrected chi connectivity index (χ2v) is 10.3. The van der Waals surface area contributed by atoms with E-state index in [-0.39, 0.29) is 36.0 Å². The highest BCUT2D eigenvalue weighted by Crippen LogP contribution is 2.14. The number of rotatable bonds is 12. The van der Waals surface area contributed by atoms with Crippen LogP contribution in [0.1, 0.15) is 24.0 Å². The van der Waals surface area contributed by atoms with E-state index in [1.165, 1.54) is 12.1 Å². The quantitative estimate of drug-likeness (QED) is 0.238. The molecule has 0 unspecified atom stereocenters. The van der Waals surface area contributed by atoms with Gasteiger partial charge in [-0.15, -0.1) is 0 Å². The van der Waals surface area contributed by atoms with Crippen molar-refractivity contribution in [3.8, 4) is 0 Å². The molecule has 0 saturated carbocycles. The highest BCUT2D eigenvalue weighted by atomic mass is 32.2. The third-order valence-corrected chi connectivity index (χ3v) is 6.96. The molecule has 8 nitrogen and oxygen atoms in total. The summed E-state index contributed by atoms with van der Waals surface area (Å²) in [6.45, 7) is 0.529. The van der Waals surface area contributed by atoms with Crippen molar-refractivity contribution in [1.82, 2.24) is 10.0 Å². The van der Waals surface area contributed by atoms with Crippen LogP contribution in [-0.4, -0.2) is 38.6 Å². The molecule has 0 aliphatic carbocycles. The van der Waals surface area contributed by atoms with Crippen molar-refractivity contribution in [3.05, 3.63) is 96.1 Å². The topological polar surface area (TPSA) is 114 Å². The van der Waals surface area contributed by atoms with Crippen LogP contribution in [-0.2, 0) is 37.2 Å². The normalized spacial score (nSPS) is 10.9. The van der Waals surface area contributed by atoms with Gasteiger partial charge >= 0.3 is 5.97 Å². The molecule has 1 amide bonds. The zero-order valence-corrected chi connectivity index (χ0v) is 21.8. The minimum Gasteiger partial charge on any atom is -0.465 e. The molecule has 37 heavy (non-hydrogen) atoms. The van der Waals surface area contributed by atoms with Gasteiger partial charge in [0.1, 0.15) is 0 Å². The molecule has 0 aromatic heterocycles. The Bertz CT molecular complexity index is 1280. The molecule has 3 aromatic rings. The van der Waals surface area contributed by atoms with E-state index >= 15 is 0 Å². The average Bonchev–Trinajstić information content (AvgIpc) is 2.89. The summed E-state index contributed by atoms with van der Waals surface area (Å²) in [5.74, 6) is -0.890. The zero-order chi connectivity index (χ0) is 26.5. The smallest absolute Gasteiger partial charge is 0.306 e. The van der Waals surface area contributed by atoms with Crippen LogP contribution in [0, 0.1) is 0 Å². The number of carbonyl (C=O) groups excluding carboxylic acids is 2. The number of carbonyl (C=O) groups is 2. The van der Waals surface area contributed by atoms with Gasteiger partial charge in [0.05, 0.1) is 17.9 Å². The van der Waals surface area contributed by atoms with E-state index in [4.69, 9.17) is 17.0 Å². The second kappa shape index (κ2) is 14.2. The average molecular weight is 540 g/mol. The molecule has 3 aromatic carbocycles. The highest BCUT2D eigenvalue weighted by molar-refractivity contribution is 7.89. The molecular weight excluding hydrogens is 510 g/mol. The predicted octanol–water partition coefficient (Wildman–Crippen LogP) is 3.59. The van der Waals surface area contributed by atoms with Gasteiger partial charge in [-0.3, -0.25) is 9.59 Å². The Morgan fingerprint density at radius 2 is 1.38 bits per heavy atom. The molecule has 0 aliphatic heterocycles. The summed E-state index contributed by atoms with van der Waals surface area (Å²) in [5.41, 5.74) is 2.61. The number of anilines is 1. The Balaban J connectivity index is 1.36. The van der Waals surface area contributed by atoms with E-state index in [9.17, 15) is 18.0 Å². The van der Waals surface area contributed by atoms with Gasteiger partial charge < -0.3 is 15.4 Å². The summed E-state index contributed by atoms with van der Waals surface area (Å²) in [5, 5.41) is 5.36. The number of benzene rings is 3. The molecule has 0 heterocycles. The Kier molecular flexibility index (Phi) is 10.8. The molecule has 0 atom stereocenters. The fourth-order valence-corrected chi connectivity index (χ4v) is 4.61. The first-order valence-corrected chi connectivity index (χ1v) is 13.6. The van der Waals surface area contributed by atoms with Crippen molar-refractivity contribution in [2.75, 3.05) is 18.5 Å². The summed E-state index contributed by atoms with van der Waals surface area (Å²) in [4.78, 5) is 24.1. The minimum atomic E-state index is -3.66. The third-order valence-electron chi connectivity index (χ3n) is 5.28. The van der Waals surface area contributed by atoms with Crippen LogP contribution in [0.5, 0.6) is 0 Å². The van der Waals surface area contributed by atoms with Crippen LogP contribution in [0.4, 0.5) is 5.69 Å². The number of sulfonamides is 1. The summed E-state index contributed by atoms with van der Waals surface area (Å²) in [6, 6.07) is 25.2. The van der Waals surface area contributed by atoms with E-state index in [0.717, 1.165) is 11.1 Å². The number of thiocarbonyl (C=S) groups is 1. The van der Waals surface area contributed by atoms with Crippen LogP contribution < -0.4 is 15.4 Å². The van der Waals surface area contributed by atoms with Gasteiger partial charge in [0, 0.05) is 25.1 Å². The van der Waals surface area contributed by atoms with Gasteiger partial charge in [-0.05, 0) is 54.0 Å². The van der Waals surface area contributed by atoms with Gasteiger partial charge in [-0.1, -0.05) is 60.7 Å². The lowest BCUT2D eigenvalue weighted by Crippen LogP contribution is -2.34. The molecule has 0 saturated heterocycles. The molecule has 0 aliphatic rings. The van der Waals surface area contributed by atoms with Crippen molar-refractivity contribution in [3.63, 3.8) is 0 Å². The Morgan fingerprint density at radius 1 is 0.784 bits per heavy atom. The van der Waals surface area contributed by atoms with Crippen LogP contribution in [0.2, 0.25) is 0 Å². The maximum Gasteiger partial charge on any atom is 0.306 e. The minimum absolute atomic E-state index is 0.0408. The molecule has 0 bridgehead atoms. The third kappa shape index (κ3) is 10.1. The Hall–Kier alpha value is -3.60. The number of esters is 1. The van der Waals surface area contributed by atoms with E-state index < -0.39 is 21.9 Å². The maximum atomic E-state index is 12.5. The van der Waals surface area contributed by atoms with Crippen molar-refractivity contribution < 1.29 is 22.7 Å². The van der Waals surface area contributed by atoms with Gasteiger partial charge in [-0.25, -0.2) is 13.1 Å². The van der Waals surface area contributed by atoms with Crippen LogP contribution in [0.3, 0.4) is 0 Å². The van der Waals surface area contributed by atoms with Gasteiger partial charge in [0.25, 0.3) is 0 Å². The number of nitrogens with one attached hydrogen (secondary N) is 3. The molecule has 3 N–H and O–H groups in total. The highest BCUT2D eigenvalue weighted by Gasteiger charge is 2.14. The first-order valence-electron chi connectivity index (χ1n) is 11.8. The maximum absolute atomic E-state index is 12.5. The lowest BCUT2D eigenvalue weighted by molar-refractivity contribution is -0.144. The Morgan fingerprint density at radius 3 is 2.00 bits per heavy atom. The Labute approximate surface area is 222 Å². The zero-order valence-electron chi connectivity index (χ0n) is 20.2. The summed E-state index contributed by atoms with van der Waals surface area (Å²) < 4.78 is 32.8. The van der Waals surface area contributed by atoms with Crippen LogP contribution >= 0.6 is 12.2 Å². The summed E-state index contributed by atoms with van der Waals surface area (Å²) >= 11 is 5.14.